The minimum absolute atomic E-state index is 0.0331. The fraction of sp³-hybridized carbons (Fsp3) is 0.767. The Bertz CT molecular complexity index is 1090. The number of carboxylic acid groups (broad SMARTS) is 2. The van der Waals surface area contributed by atoms with Crippen molar-refractivity contribution in [2.45, 2.75) is 82.7 Å². The molecule has 1 unspecified atom stereocenters. The average Bonchev–Trinajstić information content (AvgIpc) is 3.06. The second-order valence-corrected chi connectivity index (χ2v) is 12.1. The molecule has 2 saturated heterocycles. The van der Waals surface area contributed by atoms with Gasteiger partial charge in [-0.05, 0) is 44.9 Å². The molecule has 0 aliphatic carbocycles. The van der Waals surface area contributed by atoms with Crippen molar-refractivity contribution < 1.29 is 43.8 Å². The monoisotopic (exact) mass is 683 g/mol. The minimum Gasteiger partial charge on any atom is -0.481 e. The highest BCUT2D eigenvalue weighted by Crippen LogP contribution is 2.11. The van der Waals surface area contributed by atoms with E-state index in [1.54, 1.807) is 19.6 Å². The van der Waals surface area contributed by atoms with Crippen LogP contribution in [-0.2, 0) is 19.2 Å². The Morgan fingerprint density at radius 2 is 1.02 bits per heavy atom. The normalized spacial score (nSPS) is 16.1. The molecule has 2 heterocycles. The number of nitrogens with one attached hydrogen (secondary N) is 3. The summed E-state index contributed by atoms with van der Waals surface area (Å²) in [4.78, 5) is 89.6. The Morgan fingerprint density at radius 3 is 1.44 bits per heavy atom. The maximum atomic E-state index is 12.7. The number of primary amides is 1. The van der Waals surface area contributed by atoms with Gasteiger partial charge in [0.05, 0.1) is 0 Å². The molecule has 0 bridgehead atoms. The van der Waals surface area contributed by atoms with Gasteiger partial charge in [0.25, 0.3) is 0 Å². The molecular weight excluding hydrogens is 630 g/mol. The van der Waals surface area contributed by atoms with Gasteiger partial charge in [-0.25, -0.2) is 19.2 Å². The summed E-state index contributed by atoms with van der Waals surface area (Å²) >= 11 is 0. The Balaban J connectivity index is 1.54. The Hall–Kier alpha value is -4.35. The SMILES string of the molecule is NC(=O)N[C@@H](CCCCNC(=O)N1CCN(C(=O)CCC(N)CCC(=O)N2CCN(C(=O)NCCCCCC(=O)O)CC2)CC1)C(=O)O. The molecule has 18 heteroatoms. The molecule has 2 aliphatic heterocycles. The lowest BCUT2D eigenvalue weighted by atomic mass is 10.1. The summed E-state index contributed by atoms with van der Waals surface area (Å²) in [5.41, 5.74) is 11.2. The Kier molecular flexibility index (Phi) is 17.8. The number of urea groups is 3. The quantitative estimate of drug-likeness (QED) is 0.0860. The lowest BCUT2D eigenvalue weighted by molar-refractivity contribution is -0.139. The zero-order valence-electron chi connectivity index (χ0n) is 27.7. The highest BCUT2D eigenvalue weighted by Gasteiger charge is 2.26. The molecule has 2 fully saturated rings. The van der Waals surface area contributed by atoms with Gasteiger partial charge in [0.15, 0.2) is 0 Å². The number of aliphatic carboxylic acids is 2. The zero-order valence-corrected chi connectivity index (χ0v) is 27.7. The summed E-state index contributed by atoms with van der Waals surface area (Å²) in [7, 11) is 0. The third kappa shape index (κ3) is 15.5. The number of hydrogen-bond acceptors (Lipinski definition) is 8. The summed E-state index contributed by atoms with van der Waals surface area (Å²) < 4.78 is 0. The van der Waals surface area contributed by atoms with E-state index in [9.17, 15) is 33.6 Å². The zero-order chi connectivity index (χ0) is 35.5. The second-order valence-electron chi connectivity index (χ2n) is 12.1. The molecule has 272 valence electrons. The predicted octanol–water partition coefficient (Wildman–Crippen LogP) is -0.481. The van der Waals surface area contributed by atoms with Crippen LogP contribution in [0.15, 0.2) is 0 Å². The molecule has 9 N–H and O–H groups in total. The van der Waals surface area contributed by atoms with E-state index in [0.717, 1.165) is 6.42 Å². The summed E-state index contributed by atoms with van der Waals surface area (Å²) in [5, 5.41) is 25.6. The number of amides is 8. The highest BCUT2D eigenvalue weighted by molar-refractivity contribution is 5.81. The number of hydrogen-bond donors (Lipinski definition) is 7. The van der Waals surface area contributed by atoms with E-state index in [1.165, 1.54) is 0 Å². The average molecular weight is 684 g/mol. The van der Waals surface area contributed by atoms with Crippen LogP contribution >= 0.6 is 0 Å². The number of nitrogens with zero attached hydrogens (tertiary/aromatic N) is 4. The van der Waals surface area contributed by atoms with Gasteiger partial charge in [-0.2, -0.15) is 0 Å². The number of carbonyl (C=O) groups excluding carboxylic acids is 5. The van der Waals surface area contributed by atoms with Gasteiger partial charge < -0.3 is 57.2 Å². The smallest absolute Gasteiger partial charge is 0.326 e. The van der Waals surface area contributed by atoms with Gasteiger partial charge in [0, 0.05) is 90.8 Å². The molecule has 0 aromatic carbocycles. The van der Waals surface area contributed by atoms with Crippen molar-refractivity contribution in [2.24, 2.45) is 11.5 Å². The number of piperazine rings is 2. The molecule has 48 heavy (non-hydrogen) atoms. The van der Waals surface area contributed by atoms with Crippen LogP contribution < -0.4 is 27.4 Å². The predicted molar refractivity (Wildman–Crippen MR) is 174 cm³/mol. The number of nitrogens with two attached hydrogens (primary N) is 2. The number of unbranched alkanes of at least 4 members (excludes halogenated alkanes) is 3. The number of rotatable bonds is 19. The molecule has 0 radical (unpaired) electrons. The van der Waals surface area contributed by atoms with Crippen molar-refractivity contribution >= 4 is 41.8 Å². The van der Waals surface area contributed by atoms with Crippen LogP contribution in [0.25, 0.3) is 0 Å². The number of carbonyl (C=O) groups is 7. The summed E-state index contributed by atoms with van der Waals surface area (Å²) in [5.74, 6) is -2.08. The second kappa shape index (κ2) is 21.5. The van der Waals surface area contributed by atoms with E-state index in [0.29, 0.717) is 104 Å². The van der Waals surface area contributed by atoms with Crippen LogP contribution in [0.3, 0.4) is 0 Å². The molecule has 2 atom stereocenters. The van der Waals surface area contributed by atoms with Crippen LogP contribution in [0.5, 0.6) is 0 Å². The van der Waals surface area contributed by atoms with E-state index in [-0.39, 0.29) is 55.6 Å². The van der Waals surface area contributed by atoms with E-state index in [4.69, 9.17) is 21.7 Å². The summed E-state index contributed by atoms with van der Waals surface area (Å²) in [6, 6.07) is -2.74. The fourth-order valence-electron chi connectivity index (χ4n) is 5.49. The van der Waals surface area contributed by atoms with Crippen molar-refractivity contribution in [3.63, 3.8) is 0 Å². The summed E-state index contributed by atoms with van der Waals surface area (Å²) in [6.07, 6.45) is 4.72. The number of carboxylic acids is 2. The first-order valence-electron chi connectivity index (χ1n) is 16.7. The molecule has 0 aromatic heterocycles. The van der Waals surface area contributed by atoms with Gasteiger partial charge in [0.2, 0.25) is 11.8 Å². The minimum atomic E-state index is -1.17. The summed E-state index contributed by atoms with van der Waals surface area (Å²) in [6.45, 7) is 4.11. The van der Waals surface area contributed by atoms with Crippen LogP contribution in [0, 0.1) is 0 Å². The maximum absolute atomic E-state index is 12.7. The van der Waals surface area contributed by atoms with Crippen molar-refractivity contribution in [3.05, 3.63) is 0 Å². The Morgan fingerprint density at radius 1 is 0.583 bits per heavy atom. The van der Waals surface area contributed by atoms with E-state index in [2.05, 4.69) is 16.0 Å². The first-order chi connectivity index (χ1) is 22.9. The van der Waals surface area contributed by atoms with Gasteiger partial charge in [-0.15, -0.1) is 0 Å². The van der Waals surface area contributed by atoms with E-state index in [1.807, 2.05) is 0 Å². The molecule has 0 spiro atoms. The van der Waals surface area contributed by atoms with Gasteiger partial charge >= 0.3 is 30.0 Å². The van der Waals surface area contributed by atoms with Gasteiger partial charge in [-0.1, -0.05) is 6.42 Å². The van der Waals surface area contributed by atoms with Gasteiger partial charge in [-0.3, -0.25) is 14.4 Å². The molecule has 2 aliphatic rings. The molecule has 2 rings (SSSR count). The van der Waals surface area contributed by atoms with Crippen LogP contribution in [0.4, 0.5) is 14.4 Å². The molecule has 18 nitrogen and oxygen atoms in total. The standard InChI is InChI=1S/C30H53N9O9/c31-22(8-10-24(40)36-14-18-38(19-15-36)29(47)33-12-4-1-2-7-26(42)43)9-11-25(41)37-16-20-39(21-17-37)30(48)34-13-5-3-6-23(27(44)45)35-28(32)46/h22-23H,1-21,31H2,(H,33,47)(H,34,48)(H,42,43)(H,44,45)(H3,32,35,46)/t22?,23-/m0/s1. The van der Waals surface area contributed by atoms with Crippen molar-refractivity contribution in [1.29, 1.82) is 0 Å². The van der Waals surface area contributed by atoms with Gasteiger partial charge in [0.1, 0.15) is 6.04 Å². The highest BCUT2D eigenvalue weighted by atomic mass is 16.4. The van der Waals surface area contributed by atoms with E-state index >= 15 is 0 Å². The van der Waals surface area contributed by atoms with Crippen LogP contribution in [-0.4, -0.2) is 149 Å². The molecule has 0 aromatic rings. The maximum Gasteiger partial charge on any atom is 0.326 e. The van der Waals surface area contributed by atoms with Crippen molar-refractivity contribution in [1.82, 2.24) is 35.6 Å². The lowest BCUT2D eigenvalue weighted by Gasteiger charge is -2.35. The van der Waals surface area contributed by atoms with E-state index < -0.39 is 24.0 Å². The third-order valence-electron chi connectivity index (χ3n) is 8.45. The third-order valence-corrected chi connectivity index (χ3v) is 8.45. The molecule has 8 amide bonds. The largest absolute Gasteiger partial charge is 0.481 e. The molecule has 0 saturated carbocycles. The fourth-order valence-corrected chi connectivity index (χ4v) is 5.49. The Labute approximate surface area is 280 Å². The van der Waals surface area contributed by atoms with Crippen molar-refractivity contribution in [2.75, 3.05) is 65.4 Å². The topological polar surface area (TPSA) is 261 Å². The van der Waals surface area contributed by atoms with Crippen molar-refractivity contribution in [3.8, 4) is 0 Å². The molecular formula is C30H53N9O9. The van der Waals surface area contributed by atoms with Crippen LogP contribution in [0.1, 0.15) is 70.6 Å². The lowest BCUT2D eigenvalue weighted by Crippen LogP contribution is -2.53. The van der Waals surface area contributed by atoms with Crippen LogP contribution in [0.2, 0.25) is 0 Å². The first kappa shape index (κ1) is 39.8. The first-order valence-corrected chi connectivity index (χ1v) is 16.7.